The summed E-state index contributed by atoms with van der Waals surface area (Å²) in [4.78, 5) is 21.0. The highest BCUT2D eigenvalue weighted by Crippen LogP contribution is 2.32. The number of rotatable bonds is 3. The standard InChI is InChI=1S/C17H18ClN3OS/c18-15-3-1-2-12(4-15)5-20-6-13-8-21(9-14(13)7-20)17(22)16-10-23-11-19-16/h1-4,10-11,13-14H,5-9H2/t13-,14-/m1/s1. The van der Waals surface area contributed by atoms with Gasteiger partial charge in [-0.05, 0) is 29.5 Å². The molecule has 0 aliphatic carbocycles. The number of hydrogen-bond acceptors (Lipinski definition) is 4. The minimum Gasteiger partial charge on any atom is -0.337 e. The van der Waals surface area contributed by atoms with Crippen molar-refractivity contribution in [2.24, 2.45) is 11.8 Å². The van der Waals surface area contributed by atoms with E-state index in [0.717, 1.165) is 37.7 Å². The molecule has 2 aromatic rings. The van der Waals surface area contributed by atoms with Gasteiger partial charge >= 0.3 is 0 Å². The summed E-state index contributed by atoms with van der Waals surface area (Å²) in [7, 11) is 0. The summed E-state index contributed by atoms with van der Waals surface area (Å²) in [5, 5.41) is 2.63. The first-order chi connectivity index (χ1) is 11.2. The van der Waals surface area contributed by atoms with Gasteiger partial charge in [-0.25, -0.2) is 4.98 Å². The molecule has 4 rings (SSSR count). The monoisotopic (exact) mass is 347 g/mol. The predicted molar refractivity (Wildman–Crippen MR) is 91.7 cm³/mol. The molecular formula is C17H18ClN3OS. The van der Waals surface area contributed by atoms with Crippen molar-refractivity contribution in [1.29, 1.82) is 0 Å². The molecule has 0 radical (unpaired) electrons. The molecule has 0 N–H and O–H groups in total. The summed E-state index contributed by atoms with van der Waals surface area (Å²) < 4.78 is 0. The van der Waals surface area contributed by atoms with Crippen molar-refractivity contribution in [2.45, 2.75) is 6.54 Å². The highest BCUT2D eigenvalue weighted by molar-refractivity contribution is 7.07. The van der Waals surface area contributed by atoms with Gasteiger partial charge in [-0.2, -0.15) is 0 Å². The molecule has 2 saturated heterocycles. The maximum atomic E-state index is 12.4. The molecule has 6 heteroatoms. The number of benzene rings is 1. The lowest BCUT2D eigenvalue weighted by Crippen LogP contribution is -2.33. The van der Waals surface area contributed by atoms with Crippen molar-refractivity contribution in [3.63, 3.8) is 0 Å². The lowest BCUT2D eigenvalue weighted by atomic mass is 10.0. The smallest absolute Gasteiger partial charge is 0.273 e. The first-order valence-electron chi connectivity index (χ1n) is 7.83. The number of aromatic nitrogens is 1. The highest BCUT2D eigenvalue weighted by Gasteiger charge is 2.41. The molecule has 2 aliphatic heterocycles. The van der Waals surface area contributed by atoms with Gasteiger partial charge in [-0.1, -0.05) is 23.7 Å². The number of amides is 1. The van der Waals surface area contributed by atoms with Gasteiger partial charge in [-0.3, -0.25) is 9.69 Å². The lowest BCUT2D eigenvalue weighted by Gasteiger charge is -2.21. The topological polar surface area (TPSA) is 36.4 Å². The van der Waals surface area contributed by atoms with E-state index in [0.29, 0.717) is 17.5 Å². The van der Waals surface area contributed by atoms with Crippen LogP contribution >= 0.6 is 22.9 Å². The maximum Gasteiger partial charge on any atom is 0.273 e. The summed E-state index contributed by atoms with van der Waals surface area (Å²) in [6.07, 6.45) is 0. The van der Waals surface area contributed by atoms with Gasteiger partial charge in [0.1, 0.15) is 5.69 Å². The molecule has 2 aliphatic rings. The predicted octanol–water partition coefficient (Wildman–Crippen LogP) is 3.00. The number of halogens is 1. The number of carbonyl (C=O) groups excluding carboxylic acids is 1. The van der Waals surface area contributed by atoms with Crippen LogP contribution in [0.25, 0.3) is 0 Å². The number of fused-ring (bicyclic) bond motifs is 1. The van der Waals surface area contributed by atoms with Crippen LogP contribution in [-0.2, 0) is 6.54 Å². The molecule has 1 amide bonds. The average molecular weight is 348 g/mol. The van der Waals surface area contributed by atoms with E-state index >= 15 is 0 Å². The van der Waals surface area contributed by atoms with E-state index in [9.17, 15) is 4.79 Å². The summed E-state index contributed by atoms with van der Waals surface area (Å²) in [5.41, 5.74) is 3.57. The molecule has 0 unspecified atom stereocenters. The SMILES string of the molecule is O=C(c1cscn1)N1C[C@H]2CN(Cc3cccc(Cl)c3)C[C@@H]2C1. The molecule has 0 bridgehead atoms. The van der Waals surface area contributed by atoms with E-state index in [1.807, 2.05) is 28.5 Å². The van der Waals surface area contributed by atoms with Crippen molar-refractivity contribution in [1.82, 2.24) is 14.8 Å². The first kappa shape index (κ1) is 15.1. The van der Waals surface area contributed by atoms with Gasteiger partial charge in [-0.15, -0.1) is 11.3 Å². The number of thiazole rings is 1. The van der Waals surface area contributed by atoms with Gasteiger partial charge in [0.05, 0.1) is 5.51 Å². The Morgan fingerprint density at radius 1 is 1.26 bits per heavy atom. The molecule has 0 spiro atoms. The molecular weight excluding hydrogens is 330 g/mol. The Morgan fingerprint density at radius 3 is 2.70 bits per heavy atom. The number of likely N-dealkylation sites (tertiary alicyclic amines) is 2. The van der Waals surface area contributed by atoms with E-state index in [2.05, 4.69) is 16.0 Å². The third kappa shape index (κ3) is 3.13. The number of hydrogen-bond donors (Lipinski definition) is 0. The van der Waals surface area contributed by atoms with Crippen LogP contribution in [0, 0.1) is 11.8 Å². The average Bonchev–Trinajstić information content (AvgIpc) is 3.22. The summed E-state index contributed by atoms with van der Waals surface area (Å²) in [5.74, 6) is 1.25. The zero-order chi connectivity index (χ0) is 15.8. The molecule has 4 nitrogen and oxygen atoms in total. The molecule has 23 heavy (non-hydrogen) atoms. The van der Waals surface area contributed by atoms with Gasteiger partial charge in [0, 0.05) is 43.1 Å². The van der Waals surface area contributed by atoms with Crippen molar-refractivity contribution in [3.8, 4) is 0 Å². The van der Waals surface area contributed by atoms with Crippen molar-refractivity contribution in [3.05, 3.63) is 51.4 Å². The van der Waals surface area contributed by atoms with Crippen molar-refractivity contribution >= 4 is 28.8 Å². The fourth-order valence-corrected chi connectivity index (χ4v) is 4.50. The van der Waals surface area contributed by atoms with Crippen LogP contribution in [0.2, 0.25) is 5.02 Å². The largest absolute Gasteiger partial charge is 0.337 e. The Bertz CT molecular complexity index is 692. The van der Waals surface area contributed by atoms with Gasteiger partial charge < -0.3 is 4.90 Å². The molecule has 2 atom stereocenters. The van der Waals surface area contributed by atoms with Crippen LogP contribution in [0.3, 0.4) is 0 Å². The van der Waals surface area contributed by atoms with Gasteiger partial charge in [0.15, 0.2) is 0 Å². The number of nitrogens with zero attached hydrogens (tertiary/aromatic N) is 3. The Morgan fingerprint density at radius 2 is 2.04 bits per heavy atom. The normalized spacial score (nSPS) is 24.1. The highest BCUT2D eigenvalue weighted by atomic mass is 35.5. The molecule has 1 aromatic heterocycles. The van der Waals surface area contributed by atoms with Crippen LogP contribution in [-0.4, -0.2) is 46.9 Å². The summed E-state index contributed by atoms with van der Waals surface area (Å²) in [6, 6.07) is 8.07. The Balaban J connectivity index is 1.36. The summed E-state index contributed by atoms with van der Waals surface area (Å²) >= 11 is 7.53. The van der Waals surface area contributed by atoms with Crippen LogP contribution in [0.15, 0.2) is 35.2 Å². The quantitative estimate of drug-likeness (QED) is 0.856. The van der Waals surface area contributed by atoms with E-state index in [-0.39, 0.29) is 5.91 Å². The molecule has 1 aromatic carbocycles. The van der Waals surface area contributed by atoms with Crippen molar-refractivity contribution < 1.29 is 4.79 Å². The van der Waals surface area contributed by atoms with Gasteiger partial charge in [0.25, 0.3) is 5.91 Å². The van der Waals surface area contributed by atoms with E-state index in [1.54, 1.807) is 5.51 Å². The lowest BCUT2D eigenvalue weighted by molar-refractivity contribution is 0.0768. The second-order valence-corrected chi connectivity index (χ2v) is 7.58. The van der Waals surface area contributed by atoms with E-state index in [4.69, 9.17) is 11.6 Å². The van der Waals surface area contributed by atoms with Crippen LogP contribution < -0.4 is 0 Å². The molecule has 2 fully saturated rings. The second-order valence-electron chi connectivity index (χ2n) is 6.43. The van der Waals surface area contributed by atoms with Crippen LogP contribution in [0.5, 0.6) is 0 Å². The van der Waals surface area contributed by atoms with E-state index in [1.165, 1.54) is 16.9 Å². The van der Waals surface area contributed by atoms with Crippen molar-refractivity contribution in [2.75, 3.05) is 26.2 Å². The Kier molecular flexibility index (Phi) is 4.09. The maximum absolute atomic E-state index is 12.4. The molecule has 120 valence electrons. The Labute approximate surface area is 144 Å². The second kappa shape index (κ2) is 6.23. The first-order valence-corrected chi connectivity index (χ1v) is 9.15. The minimum atomic E-state index is 0.0852. The third-order valence-corrected chi connectivity index (χ3v) is 5.62. The summed E-state index contributed by atoms with van der Waals surface area (Å²) in [6.45, 7) is 4.75. The fourth-order valence-electron chi connectivity index (χ4n) is 3.76. The fraction of sp³-hybridized carbons (Fsp3) is 0.412. The van der Waals surface area contributed by atoms with E-state index < -0.39 is 0 Å². The zero-order valence-electron chi connectivity index (χ0n) is 12.7. The zero-order valence-corrected chi connectivity index (χ0v) is 14.3. The van der Waals surface area contributed by atoms with Gasteiger partial charge in [0.2, 0.25) is 0 Å². The molecule has 3 heterocycles. The minimum absolute atomic E-state index is 0.0852. The number of carbonyl (C=O) groups is 1. The van der Waals surface area contributed by atoms with Crippen LogP contribution in [0.4, 0.5) is 0 Å². The molecule has 0 saturated carbocycles. The third-order valence-electron chi connectivity index (χ3n) is 4.80. The van der Waals surface area contributed by atoms with Crippen LogP contribution in [0.1, 0.15) is 16.1 Å². The Hall–Kier alpha value is -1.43.